The number of halogens is 2. The van der Waals surface area contributed by atoms with E-state index in [0.29, 0.717) is 10.0 Å². The highest BCUT2D eigenvalue weighted by molar-refractivity contribution is 9.10. The maximum atomic E-state index is 12.3. The van der Waals surface area contributed by atoms with Gasteiger partial charge >= 0.3 is 0 Å². The number of nitrogens with one attached hydrogen (secondary N) is 1. The van der Waals surface area contributed by atoms with E-state index >= 15 is 0 Å². The molecule has 1 amide bonds. The quantitative estimate of drug-likeness (QED) is 0.820. The van der Waals surface area contributed by atoms with Crippen LogP contribution in [0.25, 0.3) is 0 Å². The third-order valence-electron chi connectivity index (χ3n) is 2.83. The summed E-state index contributed by atoms with van der Waals surface area (Å²) in [6.45, 7) is 2.03. The number of nitrogen functional groups attached to an aromatic ring is 1. The minimum absolute atomic E-state index is 0.209. The van der Waals surface area contributed by atoms with E-state index in [0.717, 1.165) is 22.1 Å². The van der Waals surface area contributed by atoms with Gasteiger partial charge in [-0.1, -0.05) is 22.9 Å². The monoisotopic (exact) mass is 397 g/mol. The molecule has 1 heterocycles. The molecule has 0 aliphatic rings. The normalized spacial score (nSPS) is 10.3. The summed E-state index contributed by atoms with van der Waals surface area (Å²) in [7, 11) is 0. The van der Waals surface area contributed by atoms with Gasteiger partial charge in [-0.25, -0.2) is 4.98 Å². The molecule has 104 valence electrons. The van der Waals surface area contributed by atoms with Gasteiger partial charge in [0, 0.05) is 20.8 Å². The first-order valence-electron chi connectivity index (χ1n) is 6.02. The van der Waals surface area contributed by atoms with Gasteiger partial charge in [-0.05, 0) is 52.2 Å². The molecule has 20 heavy (non-hydrogen) atoms. The molecule has 6 heteroatoms. The fourth-order valence-corrected chi connectivity index (χ4v) is 2.54. The van der Waals surface area contributed by atoms with E-state index in [4.69, 9.17) is 5.73 Å². The molecule has 0 atom stereocenters. The highest BCUT2D eigenvalue weighted by Gasteiger charge is 2.13. The van der Waals surface area contributed by atoms with Gasteiger partial charge in [0.1, 0.15) is 5.82 Å². The van der Waals surface area contributed by atoms with Crippen LogP contribution in [0.5, 0.6) is 0 Å². The van der Waals surface area contributed by atoms with Crippen LogP contribution >= 0.6 is 31.9 Å². The minimum Gasteiger partial charge on any atom is -0.383 e. The van der Waals surface area contributed by atoms with E-state index in [-0.39, 0.29) is 11.7 Å². The predicted molar refractivity (Wildman–Crippen MR) is 87.8 cm³/mol. The van der Waals surface area contributed by atoms with Crippen LogP contribution in [0.1, 0.15) is 22.8 Å². The number of carbonyl (C=O) groups is 1. The van der Waals surface area contributed by atoms with Gasteiger partial charge in [-0.2, -0.15) is 0 Å². The largest absolute Gasteiger partial charge is 0.383 e. The van der Waals surface area contributed by atoms with Crippen LogP contribution in [-0.4, -0.2) is 10.9 Å². The van der Waals surface area contributed by atoms with Crippen molar-refractivity contribution < 1.29 is 4.79 Å². The SMILES string of the molecule is CCc1cc(Br)ccc1NC(=O)c1cc(Br)cnc1N. The predicted octanol–water partition coefficient (Wildman–Crippen LogP) is 4.00. The van der Waals surface area contributed by atoms with Crippen molar-refractivity contribution in [3.63, 3.8) is 0 Å². The van der Waals surface area contributed by atoms with Crippen molar-refractivity contribution >= 4 is 49.3 Å². The summed E-state index contributed by atoms with van der Waals surface area (Å²) in [5.41, 5.74) is 7.92. The Morgan fingerprint density at radius 1 is 1.30 bits per heavy atom. The van der Waals surface area contributed by atoms with E-state index in [2.05, 4.69) is 42.2 Å². The molecular formula is C14H13Br2N3O. The number of rotatable bonds is 3. The van der Waals surface area contributed by atoms with E-state index in [9.17, 15) is 4.79 Å². The zero-order chi connectivity index (χ0) is 14.7. The molecular weight excluding hydrogens is 386 g/mol. The number of pyridine rings is 1. The average molecular weight is 399 g/mol. The Morgan fingerprint density at radius 3 is 2.75 bits per heavy atom. The van der Waals surface area contributed by atoms with E-state index in [1.807, 2.05) is 25.1 Å². The van der Waals surface area contributed by atoms with Crippen LogP contribution in [0.2, 0.25) is 0 Å². The lowest BCUT2D eigenvalue weighted by Gasteiger charge is -2.11. The zero-order valence-corrected chi connectivity index (χ0v) is 14.0. The molecule has 0 aliphatic heterocycles. The molecule has 3 N–H and O–H groups in total. The second kappa shape index (κ2) is 6.37. The third kappa shape index (κ3) is 3.37. The highest BCUT2D eigenvalue weighted by Crippen LogP contribution is 2.23. The van der Waals surface area contributed by atoms with Crippen molar-refractivity contribution in [1.29, 1.82) is 0 Å². The summed E-state index contributed by atoms with van der Waals surface area (Å²) in [5, 5.41) is 2.87. The molecule has 0 aliphatic carbocycles. The summed E-state index contributed by atoms with van der Waals surface area (Å²) in [6, 6.07) is 7.39. The summed E-state index contributed by atoms with van der Waals surface area (Å²) in [5.74, 6) is -0.0609. The topological polar surface area (TPSA) is 68.0 Å². The summed E-state index contributed by atoms with van der Waals surface area (Å²) in [4.78, 5) is 16.2. The van der Waals surface area contributed by atoms with E-state index in [1.54, 1.807) is 12.3 Å². The second-order valence-corrected chi connectivity index (χ2v) is 6.03. The molecule has 2 rings (SSSR count). The lowest BCUT2D eigenvalue weighted by molar-refractivity contribution is 0.102. The van der Waals surface area contributed by atoms with Gasteiger partial charge in [-0.15, -0.1) is 0 Å². The number of benzene rings is 1. The number of nitrogens with zero attached hydrogens (tertiary/aromatic N) is 1. The van der Waals surface area contributed by atoms with Gasteiger partial charge in [0.05, 0.1) is 5.56 Å². The van der Waals surface area contributed by atoms with Crippen LogP contribution in [0.3, 0.4) is 0 Å². The van der Waals surface area contributed by atoms with Gasteiger partial charge in [0.2, 0.25) is 0 Å². The van der Waals surface area contributed by atoms with Gasteiger partial charge in [0.25, 0.3) is 5.91 Å². The Morgan fingerprint density at radius 2 is 2.05 bits per heavy atom. The van der Waals surface area contributed by atoms with Crippen LogP contribution in [0, 0.1) is 0 Å². The van der Waals surface area contributed by atoms with Crippen molar-refractivity contribution in [2.24, 2.45) is 0 Å². The molecule has 0 saturated carbocycles. The zero-order valence-electron chi connectivity index (χ0n) is 10.8. The first-order chi connectivity index (χ1) is 9.51. The minimum atomic E-state index is -0.270. The fraction of sp³-hybridized carbons (Fsp3) is 0.143. The first-order valence-corrected chi connectivity index (χ1v) is 7.60. The Bertz CT molecular complexity index is 659. The van der Waals surface area contributed by atoms with E-state index < -0.39 is 0 Å². The van der Waals surface area contributed by atoms with Crippen molar-refractivity contribution in [3.05, 3.63) is 50.5 Å². The summed E-state index contributed by atoms with van der Waals surface area (Å²) < 4.78 is 1.69. The maximum Gasteiger partial charge on any atom is 0.259 e. The third-order valence-corrected chi connectivity index (χ3v) is 3.75. The average Bonchev–Trinajstić information content (AvgIpc) is 2.43. The van der Waals surface area contributed by atoms with Gasteiger partial charge in [0.15, 0.2) is 0 Å². The molecule has 0 saturated heterocycles. The molecule has 0 spiro atoms. The lowest BCUT2D eigenvalue weighted by Crippen LogP contribution is -2.16. The molecule has 1 aromatic carbocycles. The summed E-state index contributed by atoms with van der Waals surface area (Å²) in [6.07, 6.45) is 2.38. The van der Waals surface area contributed by atoms with E-state index in [1.165, 1.54) is 0 Å². The Hall–Kier alpha value is -1.40. The number of anilines is 2. The molecule has 0 radical (unpaired) electrons. The summed E-state index contributed by atoms with van der Waals surface area (Å²) >= 11 is 6.70. The number of hydrogen-bond acceptors (Lipinski definition) is 3. The van der Waals surface area contributed by atoms with Crippen LogP contribution in [0.4, 0.5) is 11.5 Å². The van der Waals surface area contributed by atoms with Crippen molar-refractivity contribution in [1.82, 2.24) is 4.98 Å². The van der Waals surface area contributed by atoms with Crippen molar-refractivity contribution in [2.45, 2.75) is 13.3 Å². The Balaban J connectivity index is 2.30. The molecule has 2 aromatic rings. The molecule has 4 nitrogen and oxygen atoms in total. The van der Waals surface area contributed by atoms with Crippen LogP contribution in [0.15, 0.2) is 39.4 Å². The van der Waals surface area contributed by atoms with Gasteiger partial charge < -0.3 is 11.1 Å². The van der Waals surface area contributed by atoms with Crippen LogP contribution in [-0.2, 0) is 6.42 Å². The first kappa shape index (κ1) is 15.0. The standard InChI is InChI=1S/C14H13Br2N3O/c1-2-8-5-9(15)3-4-12(8)19-14(20)11-6-10(16)7-18-13(11)17/h3-7H,2H2,1H3,(H2,17,18)(H,19,20). The fourth-order valence-electron chi connectivity index (χ4n) is 1.80. The second-order valence-electron chi connectivity index (χ2n) is 4.20. The maximum absolute atomic E-state index is 12.3. The Kier molecular flexibility index (Phi) is 4.77. The van der Waals surface area contributed by atoms with Gasteiger partial charge in [-0.3, -0.25) is 4.79 Å². The number of nitrogens with two attached hydrogens (primary N) is 1. The smallest absolute Gasteiger partial charge is 0.259 e. The molecule has 0 fully saturated rings. The molecule has 0 bridgehead atoms. The number of amides is 1. The van der Waals surface area contributed by atoms with Crippen molar-refractivity contribution in [3.8, 4) is 0 Å². The molecule has 0 unspecified atom stereocenters. The number of aromatic nitrogens is 1. The molecule has 1 aromatic heterocycles. The highest BCUT2D eigenvalue weighted by atomic mass is 79.9. The number of hydrogen-bond donors (Lipinski definition) is 2. The lowest BCUT2D eigenvalue weighted by atomic mass is 10.1. The number of carbonyl (C=O) groups excluding carboxylic acids is 1. The number of aryl methyl sites for hydroxylation is 1. The Labute approximate surface area is 134 Å². The van der Waals surface area contributed by atoms with Crippen LogP contribution < -0.4 is 11.1 Å². The van der Waals surface area contributed by atoms with Crippen molar-refractivity contribution in [2.75, 3.05) is 11.1 Å².